The first kappa shape index (κ1) is 24.0. The van der Waals surface area contributed by atoms with E-state index in [2.05, 4.69) is 15.3 Å². The number of para-hydroxylation sites is 1. The maximum atomic E-state index is 13.3. The van der Waals surface area contributed by atoms with E-state index in [1.807, 2.05) is 42.5 Å². The van der Waals surface area contributed by atoms with Crippen molar-refractivity contribution in [1.29, 1.82) is 0 Å². The number of hydrogen-bond acceptors (Lipinski definition) is 7. The molecule has 1 aliphatic rings. The van der Waals surface area contributed by atoms with Gasteiger partial charge < -0.3 is 10.5 Å². The number of aryl methyl sites for hydroxylation is 1. The number of primary amides is 1. The topological polar surface area (TPSA) is 110 Å². The van der Waals surface area contributed by atoms with Gasteiger partial charge in [-0.3, -0.25) is 15.0 Å². The molecule has 0 radical (unpaired) electrons. The number of halogens is 1. The highest BCUT2D eigenvalue weighted by Crippen LogP contribution is 2.39. The predicted octanol–water partition coefficient (Wildman–Crippen LogP) is 6.43. The summed E-state index contributed by atoms with van der Waals surface area (Å²) >= 11 is 2.57. The van der Waals surface area contributed by atoms with Crippen LogP contribution >= 0.6 is 22.7 Å². The maximum absolute atomic E-state index is 13.3. The van der Waals surface area contributed by atoms with Crippen LogP contribution in [0.1, 0.15) is 22.5 Å². The summed E-state index contributed by atoms with van der Waals surface area (Å²) in [6.07, 6.45) is 1.67. The SMILES string of the molecule is NC(=O)c1nc(-c2ccc3c(c2)N(C(=O)Nc2nc4ccccc4s2)CCC3)sc1Oc1ccc(F)cc1. The average molecular weight is 546 g/mol. The van der Waals surface area contributed by atoms with Crippen LogP contribution in [0.4, 0.5) is 20.0 Å². The van der Waals surface area contributed by atoms with Gasteiger partial charge >= 0.3 is 6.03 Å². The number of fused-ring (bicyclic) bond motifs is 2. The number of benzene rings is 3. The zero-order valence-electron chi connectivity index (χ0n) is 19.8. The third-order valence-electron chi connectivity index (χ3n) is 6.06. The van der Waals surface area contributed by atoms with Crippen molar-refractivity contribution in [1.82, 2.24) is 9.97 Å². The molecule has 0 fully saturated rings. The monoisotopic (exact) mass is 545 g/mol. The van der Waals surface area contributed by atoms with Gasteiger partial charge in [0.2, 0.25) is 5.06 Å². The number of amides is 3. The van der Waals surface area contributed by atoms with Crippen LogP contribution in [0.15, 0.2) is 66.7 Å². The molecule has 0 saturated carbocycles. The third kappa shape index (κ3) is 4.69. The molecule has 8 nitrogen and oxygen atoms in total. The zero-order valence-corrected chi connectivity index (χ0v) is 21.4. The summed E-state index contributed by atoms with van der Waals surface area (Å²) in [5.74, 6) is -0.783. The second-order valence-electron chi connectivity index (χ2n) is 8.59. The molecule has 0 spiro atoms. The summed E-state index contributed by atoms with van der Waals surface area (Å²) in [5, 5.41) is 4.19. The lowest BCUT2D eigenvalue weighted by atomic mass is 10.00. The predicted molar refractivity (Wildman–Crippen MR) is 147 cm³/mol. The Morgan fingerprint density at radius 3 is 2.63 bits per heavy atom. The highest BCUT2D eigenvalue weighted by atomic mass is 32.1. The van der Waals surface area contributed by atoms with Crippen molar-refractivity contribution < 1.29 is 18.7 Å². The van der Waals surface area contributed by atoms with Crippen LogP contribution in [0, 0.1) is 5.82 Å². The van der Waals surface area contributed by atoms with Crippen molar-refractivity contribution in [2.24, 2.45) is 5.73 Å². The Morgan fingerprint density at radius 2 is 1.84 bits per heavy atom. The Labute approximate surface area is 224 Å². The molecule has 0 bridgehead atoms. The van der Waals surface area contributed by atoms with E-state index in [0.29, 0.717) is 28.0 Å². The van der Waals surface area contributed by atoms with Gasteiger partial charge in [-0.05, 0) is 60.9 Å². The molecule has 190 valence electrons. The Morgan fingerprint density at radius 1 is 1.03 bits per heavy atom. The number of anilines is 2. The minimum absolute atomic E-state index is 0.0162. The number of ether oxygens (including phenoxy) is 1. The van der Waals surface area contributed by atoms with E-state index in [0.717, 1.165) is 45.6 Å². The summed E-state index contributed by atoms with van der Waals surface area (Å²) in [6, 6.07) is 18.7. The standard InChI is InChI=1S/C27H20FN5O3S2/c28-17-9-11-18(12-10-17)36-25-22(23(29)34)31-24(38-25)16-8-7-15-4-3-13-33(20(15)14-16)27(35)32-26-30-19-5-1-2-6-21(19)37-26/h1-2,5-12,14H,3-4,13H2,(H2,29,34)(H,30,32,35). The van der Waals surface area contributed by atoms with Crippen LogP contribution in [0.2, 0.25) is 0 Å². The van der Waals surface area contributed by atoms with Crippen molar-refractivity contribution >= 4 is 55.6 Å². The fourth-order valence-electron chi connectivity index (χ4n) is 4.27. The number of nitrogens with zero attached hydrogens (tertiary/aromatic N) is 3. The molecule has 38 heavy (non-hydrogen) atoms. The van der Waals surface area contributed by atoms with Crippen molar-refractivity contribution in [3.63, 3.8) is 0 Å². The van der Waals surface area contributed by atoms with E-state index in [-0.39, 0.29) is 16.8 Å². The summed E-state index contributed by atoms with van der Waals surface area (Å²) in [7, 11) is 0. The Kier molecular flexibility index (Phi) is 6.22. The lowest BCUT2D eigenvalue weighted by Crippen LogP contribution is -2.38. The Hall–Kier alpha value is -4.35. The fraction of sp³-hybridized carbons (Fsp3) is 0.111. The molecule has 0 aliphatic carbocycles. The average Bonchev–Trinajstić information content (AvgIpc) is 3.53. The lowest BCUT2D eigenvalue weighted by Gasteiger charge is -2.29. The van der Waals surface area contributed by atoms with Crippen LogP contribution in [0.25, 0.3) is 20.8 Å². The van der Waals surface area contributed by atoms with E-state index in [1.165, 1.54) is 35.6 Å². The minimum Gasteiger partial charge on any atom is -0.444 e. The number of hydrogen-bond donors (Lipinski definition) is 2. The Bertz CT molecular complexity index is 1650. The van der Waals surface area contributed by atoms with Crippen LogP contribution in [-0.4, -0.2) is 28.5 Å². The lowest BCUT2D eigenvalue weighted by molar-refractivity contribution is 0.0994. The molecule has 0 unspecified atom stereocenters. The molecule has 0 saturated heterocycles. The van der Waals surface area contributed by atoms with E-state index in [4.69, 9.17) is 10.5 Å². The highest BCUT2D eigenvalue weighted by molar-refractivity contribution is 7.22. The number of thiazole rings is 2. The molecule has 1 aliphatic heterocycles. The second-order valence-corrected chi connectivity index (χ2v) is 10.6. The first-order valence-electron chi connectivity index (χ1n) is 11.8. The fourth-order valence-corrected chi connectivity index (χ4v) is 6.06. The second kappa shape index (κ2) is 9.84. The molecular formula is C27H20FN5O3S2. The van der Waals surface area contributed by atoms with Crippen molar-refractivity contribution in [2.45, 2.75) is 12.8 Å². The number of carbonyl (C=O) groups is 2. The quantitative estimate of drug-likeness (QED) is 0.264. The number of urea groups is 1. The van der Waals surface area contributed by atoms with E-state index >= 15 is 0 Å². The number of carbonyl (C=O) groups excluding carboxylic acids is 2. The molecule has 11 heteroatoms. The van der Waals surface area contributed by atoms with Crippen molar-refractivity contribution in [3.05, 3.63) is 83.8 Å². The maximum Gasteiger partial charge on any atom is 0.328 e. The van der Waals surface area contributed by atoms with Crippen LogP contribution in [0.5, 0.6) is 10.8 Å². The smallest absolute Gasteiger partial charge is 0.328 e. The number of nitrogens with two attached hydrogens (primary N) is 1. The summed E-state index contributed by atoms with van der Waals surface area (Å²) in [5.41, 5.74) is 8.89. The largest absolute Gasteiger partial charge is 0.444 e. The Balaban J connectivity index is 1.30. The van der Waals surface area contributed by atoms with Gasteiger partial charge in [0.25, 0.3) is 5.91 Å². The molecule has 0 atom stereocenters. The number of aromatic nitrogens is 2. The molecule has 5 aromatic rings. The van der Waals surface area contributed by atoms with Crippen LogP contribution in [-0.2, 0) is 6.42 Å². The minimum atomic E-state index is -0.737. The molecule has 2 aromatic heterocycles. The summed E-state index contributed by atoms with van der Waals surface area (Å²) in [6.45, 7) is 0.552. The summed E-state index contributed by atoms with van der Waals surface area (Å²) < 4.78 is 20.1. The third-order valence-corrected chi connectivity index (χ3v) is 7.99. The van der Waals surface area contributed by atoms with Gasteiger partial charge in [-0.2, -0.15) is 0 Å². The van der Waals surface area contributed by atoms with Gasteiger partial charge in [-0.1, -0.05) is 46.9 Å². The highest BCUT2D eigenvalue weighted by Gasteiger charge is 2.26. The normalized spacial score (nSPS) is 12.8. The first-order valence-corrected chi connectivity index (χ1v) is 13.4. The van der Waals surface area contributed by atoms with Gasteiger partial charge in [0, 0.05) is 17.8 Å². The number of nitrogens with one attached hydrogen (secondary N) is 1. The van der Waals surface area contributed by atoms with Gasteiger partial charge in [-0.25, -0.2) is 19.2 Å². The molecule has 3 heterocycles. The molecule has 3 N–H and O–H groups in total. The van der Waals surface area contributed by atoms with E-state index in [1.54, 1.807) is 4.90 Å². The van der Waals surface area contributed by atoms with Crippen LogP contribution in [0.3, 0.4) is 0 Å². The van der Waals surface area contributed by atoms with Gasteiger partial charge in [0.15, 0.2) is 10.8 Å². The van der Waals surface area contributed by atoms with Crippen molar-refractivity contribution in [3.8, 4) is 21.4 Å². The van der Waals surface area contributed by atoms with Gasteiger partial charge in [0.05, 0.1) is 10.2 Å². The molecule has 3 aromatic carbocycles. The van der Waals surface area contributed by atoms with Gasteiger partial charge in [0.1, 0.15) is 16.6 Å². The van der Waals surface area contributed by atoms with Crippen molar-refractivity contribution in [2.75, 3.05) is 16.8 Å². The molecular weight excluding hydrogens is 525 g/mol. The summed E-state index contributed by atoms with van der Waals surface area (Å²) in [4.78, 5) is 36.0. The zero-order chi connectivity index (χ0) is 26.2. The van der Waals surface area contributed by atoms with E-state index in [9.17, 15) is 14.0 Å². The molecule has 6 rings (SSSR count). The first-order chi connectivity index (χ1) is 18.4. The molecule has 3 amide bonds. The number of rotatable bonds is 5. The van der Waals surface area contributed by atoms with E-state index < -0.39 is 11.7 Å². The van der Waals surface area contributed by atoms with Gasteiger partial charge in [-0.15, -0.1) is 0 Å². The van der Waals surface area contributed by atoms with Crippen LogP contribution < -0.4 is 20.7 Å².